The summed E-state index contributed by atoms with van der Waals surface area (Å²) in [6.45, 7) is 7.73. The highest BCUT2D eigenvalue weighted by atomic mass is 32.2. The lowest BCUT2D eigenvalue weighted by molar-refractivity contribution is -0.123. The Labute approximate surface area is 232 Å². The second-order valence-corrected chi connectivity index (χ2v) is 13.6. The number of benzene rings is 1. The average molecular weight is 579 g/mol. The van der Waals surface area contributed by atoms with Crippen LogP contribution >= 0.6 is 22.7 Å². The molecule has 4 heterocycles. The first-order chi connectivity index (χ1) is 18.5. The van der Waals surface area contributed by atoms with Gasteiger partial charge >= 0.3 is 0 Å². The van der Waals surface area contributed by atoms with Crippen molar-refractivity contribution in [3.63, 3.8) is 0 Å². The first kappa shape index (κ1) is 27.5. The number of thiazole rings is 1. The van der Waals surface area contributed by atoms with Crippen molar-refractivity contribution >= 4 is 54.0 Å². The van der Waals surface area contributed by atoms with Gasteiger partial charge in [-0.05, 0) is 49.8 Å². The van der Waals surface area contributed by atoms with Gasteiger partial charge in [-0.25, -0.2) is 13.4 Å². The third-order valence-corrected chi connectivity index (χ3v) is 11.2. The van der Waals surface area contributed by atoms with E-state index in [2.05, 4.69) is 4.90 Å². The predicted octanol–water partition coefficient (Wildman–Crippen LogP) is 3.91. The molecule has 0 aliphatic carbocycles. The molecule has 5 rings (SSSR count). The van der Waals surface area contributed by atoms with Gasteiger partial charge in [0.2, 0.25) is 5.91 Å². The maximum atomic E-state index is 14.0. The lowest BCUT2D eigenvalue weighted by Crippen LogP contribution is -2.47. The summed E-state index contributed by atoms with van der Waals surface area (Å²) in [5.74, 6) is 0.231. The number of fused-ring (bicyclic) bond motifs is 1. The molecule has 0 spiro atoms. The summed E-state index contributed by atoms with van der Waals surface area (Å²) in [6, 6.07) is 9.19. The lowest BCUT2D eigenvalue weighted by atomic mass is 9.98. The molecule has 0 N–H and O–H groups in total. The lowest BCUT2D eigenvalue weighted by Gasteiger charge is -2.34. The first-order valence-corrected chi connectivity index (χ1v) is 16.3. The minimum Gasteiger partial charge on any atom is -0.492 e. The number of anilines is 1. The van der Waals surface area contributed by atoms with Crippen LogP contribution in [0.3, 0.4) is 0 Å². The largest absolute Gasteiger partial charge is 0.492 e. The van der Waals surface area contributed by atoms with Crippen LogP contribution in [0.15, 0.2) is 39.9 Å². The molecule has 2 aliphatic heterocycles. The average Bonchev–Trinajstić information content (AvgIpc) is 3.63. The molecule has 38 heavy (non-hydrogen) atoms. The van der Waals surface area contributed by atoms with Gasteiger partial charge in [0.05, 0.1) is 30.4 Å². The van der Waals surface area contributed by atoms with E-state index in [1.165, 1.54) is 27.0 Å². The quantitative estimate of drug-likeness (QED) is 0.360. The van der Waals surface area contributed by atoms with E-state index in [9.17, 15) is 13.2 Å². The zero-order valence-electron chi connectivity index (χ0n) is 21.6. The molecule has 1 unspecified atom stereocenters. The number of morpholine rings is 1. The maximum absolute atomic E-state index is 14.0. The van der Waals surface area contributed by atoms with E-state index >= 15 is 0 Å². The molecule has 3 aromatic rings. The molecule has 2 saturated heterocycles. The van der Waals surface area contributed by atoms with Crippen molar-refractivity contribution in [2.24, 2.45) is 5.92 Å². The Kier molecular flexibility index (Phi) is 8.96. The van der Waals surface area contributed by atoms with Gasteiger partial charge in [-0.15, -0.1) is 11.3 Å². The molecule has 1 atom stereocenters. The van der Waals surface area contributed by atoms with Crippen molar-refractivity contribution in [2.45, 2.75) is 30.4 Å². The normalized spacial score (nSPS) is 19.6. The SMILES string of the molecule is CCOc1cccc2sc(N(CCCN3CCOCC3)C(=O)C3CCCN(S(=O)(=O)c4cccs4)C3)nc12. The number of para-hydroxylation sites is 1. The van der Waals surface area contributed by atoms with Gasteiger partial charge in [0.1, 0.15) is 15.5 Å². The van der Waals surface area contributed by atoms with Crippen LogP contribution in [-0.4, -0.2) is 87.6 Å². The highest BCUT2D eigenvalue weighted by Gasteiger charge is 2.36. The molecule has 1 amide bonds. The standard InChI is InChI=1S/C26H34N4O5S3/c1-2-35-21-8-3-9-22-24(21)27-26(37-22)30(13-6-11-28-14-16-34-17-15-28)25(31)20-7-4-12-29(19-20)38(32,33)23-10-5-18-36-23/h3,5,8-10,18,20H,2,4,6-7,11-17,19H2,1H3. The zero-order chi connectivity index (χ0) is 26.5. The third kappa shape index (κ3) is 6.05. The molecule has 2 aliphatic rings. The highest BCUT2D eigenvalue weighted by Crippen LogP contribution is 2.36. The topological polar surface area (TPSA) is 92.3 Å². The molecule has 2 aromatic heterocycles. The monoisotopic (exact) mass is 578 g/mol. The van der Waals surface area contributed by atoms with E-state index in [1.54, 1.807) is 22.4 Å². The zero-order valence-corrected chi connectivity index (χ0v) is 24.0. The van der Waals surface area contributed by atoms with Crippen molar-refractivity contribution in [3.8, 4) is 5.75 Å². The molecule has 0 radical (unpaired) electrons. The predicted molar refractivity (Wildman–Crippen MR) is 151 cm³/mol. The fourth-order valence-corrected chi connectivity index (χ4v) is 8.68. The molecule has 0 bridgehead atoms. The molecular formula is C26H34N4O5S3. The van der Waals surface area contributed by atoms with Crippen molar-refractivity contribution in [2.75, 3.05) is 64.0 Å². The van der Waals surface area contributed by atoms with Gasteiger partial charge in [-0.2, -0.15) is 4.31 Å². The number of amides is 1. The summed E-state index contributed by atoms with van der Waals surface area (Å²) < 4.78 is 40.4. The van der Waals surface area contributed by atoms with Crippen LogP contribution in [0.5, 0.6) is 5.75 Å². The highest BCUT2D eigenvalue weighted by molar-refractivity contribution is 7.91. The van der Waals surface area contributed by atoms with E-state index in [0.717, 1.165) is 49.5 Å². The van der Waals surface area contributed by atoms with E-state index in [-0.39, 0.29) is 12.5 Å². The Morgan fingerprint density at radius 1 is 1.21 bits per heavy atom. The van der Waals surface area contributed by atoms with Crippen LogP contribution in [0, 0.1) is 5.92 Å². The Morgan fingerprint density at radius 3 is 2.82 bits per heavy atom. The number of hydrogen-bond donors (Lipinski definition) is 0. The first-order valence-electron chi connectivity index (χ1n) is 13.1. The molecule has 0 saturated carbocycles. The summed E-state index contributed by atoms with van der Waals surface area (Å²) in [5.41, 5.74) is 0.755. The summed E-state index contributed by atoms with van der Waals surface area (Å²) >= 11 is 2.69. The van der Waals surface area contributed by atoms with E-state index < -0.39 is 15.9 Å². The van der Waals surface area contributed by atoms with Gasteiger partial charge in [0.15, 0.2) is 5.13 Å². The summed E-state index contributed by atoms with van der Waals surface area (Å²) in [5, 5.41) is 2.40. The number of aromatic nitrogens is 1. The Balaban J connectivity index is 1.38. The molecule has 1 aromatic carbocycles. The molecule has 9 nitrogen and oxygen atoms in total. The van der Waals surface area contributed by atoms with Crippen LogP contribution in [-0.2, 0) is 19.6 Å². The number of ether oxygens (including phenoxy) is 2. The second-order valence-electron chi connectivity index (χ2n) is 9.46. The fraction of sp³-hybridized carbons (Fsp3) is 0.538. The van der Waals surface area contributed by atoms with E-state index in [0.29, 0.717) is 47.6 Å². The van der Waals surface area contributed by atoms with E-state index in [4.69, 9.17) is 14.5 Å². The van der Waals surface area contributed by atoms with E-state index in [1.807, 2.05) is 25.1 Å². The molecule has 206 valence electrons. The molecule has 2 fully saturated rings. The van der Waals surface area contributed by atoms with Crippen LogP contribution in [0.2, 0.25) is 0 Å². The molecule has 12 heteroatoms. The van der Waals surface area contributed by atoms with Crippen molar-refractivity contribution in [3.05, 3.63) is 35.7 Å². The number of piperidine rings is 1. The van der Waals surface area contributed by atoms with Crippen molar-refractivity contribution in [1.82, 2.24) is 14.2 Å². The molecular weight excluding hydrogens is 545 g/mol. The van der Waals surface area contributed by atoms with Crippen LogP contribution < -0.4 is 9.64 Å². The summed E-state index contributed by atoms with van der Waals surface area (Å²) in [6.07, 6.45) is 2.10. The number of nitrogens with zero attached hydrogens (tertiary/aromatic N) is 4. The van der Waals surface area contributed by atoms with Crippen LogP contribution in [0.4, 0.5) is 5.13 Å². The number of rotatable bonds is 10. The minimum absolute atomic E-state index is 0.0601. The minimum atomic E-state index is -3.61. The smallest absolute Gasteiger partial charge is 0.252 e. The van der Waals surface area contributed by atoms with Gasteiger partial charge < -0.3 is 9.47 Å². The number of carbonyl (C=O) groups excluding carboxylic acids is 1. The van der Waals surface area contributed by atoms with Crippen molar-refractivity contribution in [1.29, 1.82) is 0 Å². The summed E-state index contributed by atoms with van der Waals surface area (Å²) in [7, 11) is -3.61. The third-order valence-electron chi connectivity index (χ3n) is 6.95. The number of hydrogen-bond acceptors (Lipinski definition) is 9. The van der Waals surface area contributed by atoms with Crippen LogP contribution in [0.1, 0.15) is 26.2 Å². The van der Waals surface area contributed by atoms with Crippen molar-refractivity contribution < 1.29 is 22.7 Å². The van der Waals surface area contributed by atoms with Gasteiger partial charge in [0, 0.05) is 39.3 Å². The Morgan fingerprint density at radius 2 is 2.05 bits per heavy atom. The Hall–Kier alpha value is -2.09. The Bertz CT molecular complexity index is 1320. The number of carbonyl (C=O) groups is 1. The van der Waals surface area contributed by atoms with Crippen LogP contribution in [0.25, 0.3) is 10.2 Å². The maximum Gasteiger partial charge on any atom is 0.252 e. The second kappa shape index (κ2) is 12.4. The van der Waals surface area contributed by atoms with Gasteiger partial charge in [-0.3, -0.25) is 14.6 Å². The fourth-order valence-electron chi connectivity index (χ4n) is 5.00. The number of thiophene rings is 1. The van der Waals surface area contributed by atoms with Gasteiger partial charge in [0.25, 0.3) is 10.0 Å². The number of sulfonamides is 1. The summed E-state index contributed by atoms with van der Waals surface area (Å²) in [4.78, 5) is 23.0. The van der Waals surface area contributed by atoms with Gasteiger partial charge in [-0.1, -0.05) is 23.5 Å².